The van der Waals surface area contributed by atoms with Crippen molar-refractivity contribution in [1.29, 1.82) is 0 Å². The van der Waals surface area contributed by atoms with Crippen LogP contribution >= 0.6 is 15.9 Å². The smallest absolute Gasteiger partial charge is 0.321 e. The third-order valence-electron chi connectivity index (χ3n) is 3.18. The highest BCUT2D eigenvalue weighted by atomic mass is 79.9. The van der Waals surface area contributed by atoms with E-state index >= 15 is 0 Å². The van der Waals surface area contributed by atoms with Crippen molar-refractivity contribution in [3.05, 3.63) is 65.7 Å². The molecule has 2 aromatic rings. The Morgan fingerprint density at radius 3 is 2.52 bits per heavy atom. The minimum atomic E-state index is -0.354. The summed E-state index contributed by atoms with van der Waals surface area (Å²) in [5.74, 6) is -0.275. The maximum absolute atomic E-state index is 11.4. The standard InChI is InChI=1S/C17H18BrNO2/c1-21-17(20)15(18)12-19-16-10-6-5-9-14(16)11-13-7-3-2-4-8-13/h2-10,15,19H,11-12H2,1H3. The molecule has 0 heterocycles. The van der Waals surface area contributed by atoms with Crippen molar-refractivity contribution in [3.8, 4) is 0 Å². The van der Waals surface area contributed by atoms with Gasteiger partial charge in [0.05, 0.1) is 7.11 Å². The van der Waals surface area contributed by atoms with Gasteiger partial charge in [0.1, 0.15) is 4.83 Å². The zero-order valence-corrected chi connectivity index (χ0v) is 13.5. The highest BCUT2D eigenvalue weighted by Crippen LogP contribution is 2.19. The predicted molar refractivity (Wildman–Crippen MR) is 88.9 cm³/mol. The summed E-state index contributed by atoms with van der Waals surface area (Å²) in [5.41, 5.74) is 3.50. The summed E-state index contributed by atoms with van der Waals surface area (Å²) >= 11 is 3.32. The highest BCUT2D eigenvalue weighted by molar-refractivity contribution is 9.10. The number of carbonyl (C=O) groups is 1. The zero-order chi connectivity index (χ0) is 15.1. The monoisotopic (exact) mass is 347 g/mol. The van der Waals surface area contributed by atoms with Crippen LogP contribution in [0.3, 0.4) is 0 Å². The molecule has 0 bridgehead atoms. The van der Waals surface area contributed by atoms with Crippen LogP contribution in [-0.2, 0) is 16.0 Å². The first-order valence-electron chi connectivity index (χ1n) is 6.78. The van der Waals surface area contributed by atoms with Gasteiger partial charge >= 0.3 is 5.97 Å². The zero-order valence-electron chi connectivity index (χ0n) is 11.9. The molecule has 0 aliphatic rings. The third-order valence-corrected chi connectivity index (χ3v) is 3.88. The summed E-state index contributed by atoms with van der Waals surface area (Å²) in [6.45, 7) is 0.485. The Morgan fingerprint density at radius 1 is 1.14 bits per heavy atom. The predicted octanol–water partition coefficient (Wildman–Crippen LogP) is 3.63. The lowest BCUT2D eigenvalue weighted by atomic mass is 10.0. The Hall–Kier alpha value is -1.81. The molecule has 0 amide bonds. The number of esters is 1. The van der Waals surface area contributed by atoms with Crippen molar-refractivity contribution in [2.75, 3.05) is 19.0 Å². The van der Waals surface area contributed by atoms with Gasteiger partial charge in [-0.25, -0.2) is 0 Å². The molecule has 0 saturated heterocycles. The number of benzene rings is 2. The minimum Gasteiger partial charge on any atom is -0.468 e. The molecule has 1 unspecified atom stereocenters. The number of anilines is 1. The van der Waals surface area contributed by atoms with E-state index in [0.717, 1.165) is 12.1 Å². The lowest BCUT2D eigenvalue weighted by Gasteiger charge is -2.14. The van der Waals surface area contributed by atoms with Gasteiger partial charge in [-0.3, -0.25) is 4.79 Å². The molecule has 110 valence electrons. The van der Waals surface area contributed by atoms with E-state index in [0.29, 0.717) is 6.54 Å². The van der Waals surface area contributed by atoms with Crippen molar-refractivity contribution in [2.45, 2.75) is 11.2 Å². The Bertz CT molecular complexity index is 586. The van der Waals surface area contributed by atoms with Crippen LogP contribution in [0.1, 0.15) is 11.1 Å². The first-order chi connectivity index (χ1) is 10.2. The quantitative estimate of drug-likeness (QED) is 0.640. The second-order valence-corrected chi connectivity index (χ2v) is 5.80. The second-order valence-electron chi connectivity index (χ2n) is 4.69. The molecule has 0 aliphatic carbocycles. The number of ether oxygens (including phenoxy) is 1. The third kappa shape index (κ3) is 4.60. The van der Waals surface area contributed by atoms with Crippen LogP contribution < -0.4 is 5.32 Å². The lowest BCUT2D eigenvalue weighted by molar-refractivity contribution is -0.139. The van der Waals surface area contributed by atoms with Crippen molar-refractivity contribution in [2.24, 2.45) is 0 Å². The van der Waals surface area contributed by atoms with Gasteiger partial charge in [-0.15, -0.1) is 0 Å². The van der Waals surface area contributed by atoms with Gasteiger partial charge in [0.15, 0.2) is 0 Å². The number of carbonyl (C=O) groups excluding carboxylic acids is 1. The number of halogens is 1. The lowest BCUT2D eigenvalue weighted by Crippen LogP contribution is -2.24. The van der Waals surface area contributed by atoms with Crippen molar-refractivity contribution in [1.82, 2.24) is 0 Å². The van der Waals surface area contributed by atoms with E-state index in [1.54, 1.807) is 0 Å². The van der Waals surface area contributed by atoms with E-state index in [9.17, 15) is 4.79 Å². The summed E-state index contributed by atoms with van der Waals surface area (Å²) in [6.07, 6.45) is 0.856. The number of hydrogen-bond donors (Lipinski definition) is 1. The molecule has 21 heavy (non-hydrogen) atoms. The van der Waals surface area contributed by atoms with Crippen molar-refractivity contribution >= 4 is 27.6 Å². The summed E-state index contributed by atoms with van der Waals surface area (Å²) in [4.78, 5) is 11.0. The molecule has 1 atom stereocenters. The van der Waals surface area contributed by atoms with E-state index in [2.05, 4.69) is 39.4 Å². The number of alkyl halides is 1. The molecule has 4 heteroatoms. The summed E-state index contributed by atoms with van der Waals surface area (Å²) in [6, 6.07) is 18.4. The number of methoxy groups -OCH3 is 1. The maximum atomic E-state index is 11.4. The van der Waals surface area contributed by atoms with Gasteiger partial charge in [0.25, 0.3) is 0 Å². The number of hydrogen-bond acceptors (Lipinski definition) is 3. The maximum Gasteiger partial charge on any atom is 0.321 e. The fraction of sp³-hybridized carbons (Fsp3) is 0.235. The molecule has 2 rings (SSSR count). The summed E-state index contributed by atoms with van der Waals surface area (Å²) < 4.78 is 4.70. The molecule has 3 nitrogen and oxygen atoms in total. The molecule has 2 aromatic carbocycles. The molecule has 0 radical (unpaired) electrons. The number of rotatable bonds is 6. The SMILES string of the molecule is COC(=O)C(Br)CNc1ccccc1Cc1ccccc1. The van der Waals surface area contributed by atoms with E-state index < -0.39 is 0 Å². The largest absolute Gasteiger partial charge is 0.468 e. The van der Waals surface area contributed by atoms with Crippen molar-refractivity contribution < 1.29 is 9.53 Å². The van der Waals surface area contributed by atoms with Crippen molar-refractivity contribution in [3.63, 3.8) is 0 Å². The molecule has 0 fully saturated rings. The second kappa shape index (κ2) is 7.84. The molecular weight excluding hydrogens is 330 g/mol. The van der Waals surface area contributed by atoms with Crippen LogP contribution in [-0.4, -0.2) is 24.5 Å². The Morgan fingerprint density at radius 2 is 1.81 bits per heavy atom. The average Bonchev–Trinajstić information content (AvgIpc) is 2.54. The van der Waals surface area contributed by atoms with Gasteiger partial charge in [-0.1, -0.05) is 64.5 Å². The topological polar surface area (TPSA) is 38.3 Å². The first-order valence-corrected chi connectivity index (χ1v) is 7.70. The molecule has 0 spiro atoms. The fourth-order valence-electron chi connectivity index (χ4n) is 2.07. The summed E-state index contributed by atoms with van der Waals surface area (Å²) in [5, 5.41) is 3.30. The van der Waals surface area contributed by atoms with Crippen LogP contribution in [0.25, 0.3) is 0 Å². The van der Waals surface area contributed by atoms with E-state index in [-0.39, 0.29) is 10.8 Å². The van der Waals surface area contributed by atoms with Crippen LogP contribution in [0.15, 0.2) is 54.6 Å². The Balaban J connectivity index is 2.05. The van der Waals surface area contributed by atoms with E-state index in [4.69, 9.17) is 4.74 Å². The van der Waals surface area contributed by atoms with Crippen LogP contribution in [0.2, 0.25) is 0 Å². The van der Waals surface area contributed by atoms with Crippen LogP contribution in [0.5, 0.6) is 0 Å². The molecule has 0 aromatic heterocycles. The number of nitrogens with one attached hydrogen (secondary N) is 1. The molecule has 1 N–H and O–H groups in total. The van der Waals surface area contributed by atoms with Gasteiger partial charge < -0.3 is 10.1 Å². The van der Waals surface area contributed by atoms with Crippen LogP contribution in [0, 0.1) is 0 Å². The summed E-state index contributed by atoms with van der Waals surface area (Å²) in [7, 11) is 1.39. The molecule has 0 aliphatic heterocycles. The normalized spacial score (nSPS) is 11.7. The first kappa shape index (κ1) is 15.6. The molecule has 0 saturated carbocycles. The van der Waals surface area contributed by atoms with Crippen LogP contribution in [0.4, 0.5) is 5.69 Å². The Labute approximate surface area is 133 Å². The van der Waals surface area contributed by atoms with E-state index in [1.807, 2.05) is 36.4 Å². The highest BCUT2D eigenvalue weighted by Gasteiger charge is 2.15. The average molecular weight is 348 g/mol. The number of para-hydroxylation sites is 1. The van der Waals surface area contributed by atoms with Gasteiger partial charge in [-0.2, -0.15) is 0 Å². The Kier molecular flexibility index (Phi) is 5.81. The van der Waals surface area contributed by atoms with Gasteiger partial charge in [-0.05, 0) is 23.6 Å². The fourth-order valence-corrected chi connectivity index (χ4v) is 2.42. The van der Waals surface area contributed by atoms with Gasteiger partial charge in [0, 0.05) is 12.2 Å². The molecular formula is C17H18BrNO2. The van der Waals surface area contributed by atoms with Gasteiger partial charge in [0.2, 0.25) is 0 Å². The minimum absolute atomic E-state index is 0.275. The van der Waals surface area contributed by atoms with E-state index in [1.165, 1.54) is 18.2 Å².